The molecule has 0 radical (unpaired) electrons. The molecule has 0 saturated carbocycles. The molecular formula is C19H14ClN3O. The lowest BCUT2D eigenvalue weighted by atomic mass is 10.2. The Hall–Kier alpha value is -2.85. The highest BCUT2D eigenvalue weighted by molar-refractivity contribution is 6.31. The molecule has 0 aliphatic heterocycles. The molecule has 4 nitrogen and oxygen atoms in total. The lowest BCUT2D eigenvalue weighted by molar-refractivity contribution is 0.577. The number of rotatable bonds is 4. The minimum absolute atomic E-state index is 0.556. The number of halogens is 1. The first-order chi connectivity index (χ1) is 11.8. The molecule has 0 unspecified atom stereocenters. The van der Waals surface area contributed by atoms with Crippen LogP contribution >= 0.6 is 11.6 Å². The largest absolute Gasteiger partial charge is 0.461 e. The van der Waals surface area contributed by atoms with Crippen LogP contribution in [0.2, 0.25) is 5.02 Å². The number of fused-ring (bicyclic) bond motifs is 1. The van der Waals surface area contributed by atoms with Crippen LogP contribution in [-0.2, 0) is 6.54 Å². The Kier molecular flexibility index (Phi) is 3.89. The van der Waals surface area contributed by atoms with Crippen LogP contribution in [0.15, 0.2) is 71.3 Å². The fourth-order valence-electron chi connectivity index (χ4n) is 2.55. The lowest BCUT2D eigenvalue weighted by Gasteiger charge is -2.11. The van der Waals surface area contributed by atoms with Crippen molar-refractivity contribution in [3.05, 3.63) is 77.5 Å². The van der Waals surface area contributed by atoms with Gasteiger partial charge in [-0.25, -0.2) is 9.97 Å². The highest BCUT2D eigenvalue weighted by Gasteiger charge is 2.11. The second-order valence-electron chi connectivity index (χ2n) is 5.34. The Balaban J connectivity index is 1.74. The van der Waals surface area contributed by atoms with Crippen molar-refractivity contribution in [1.82, 2.24) is 9.97 Å². The molecule has 0 saturated heterocycles. The van der Waals surface area contributed by atoms with E-state index in [4.69, 9.17) is 16.0 Å². The van der Waals surface area contributed by atoms with Crippen LogP contribution in [0.25, 0.3) is 22.5 Å². The van der Waals surface area contributed by atoms with Gasteiger partial charge in [-0.1, -0.05) is 41.9 Å². The highest BCUT2D eigenvalue weighted by Crippen LogP contribution is 2.26. The summed E-state index contributed by atoms with van der Waals surface area (Å²) in [5.74, 6) is 1.95. The van der Waals surface area contributed by atoms with Crippen molar-refractivity contribution in [2.24, 2.45) is 0 Å². The molecule has 0 amide bonds. The van der Waals surface area contributed by atoms with Gasteiger partial charge in [-0.3, -0.25) is 0 Å². The predicted octanol–water partition coefficient (Wildman–Crippen LogP) is 5.16. The molecule has 0 aliphatic rings. The third-order valence-electron chi connectivity index (χ3n) is 3.75. The molecule has 0 spiro atoms. The molecule has 4 aromatic rings. The Morgan fingerprint density at radius 3 is 2.58 bits per heavy atom. The summed E-state index contributed by atoms with van der Waals surface area (Å²) in [6, 6.07) is 19.3. The number of hydrogen-bond donors (Lipinski definition) is 1. The number of nitrogens with one attached hydrogen (secondary N) is 1. The van der Waals surface area contributed by atoms with E-state index in [-0.39, 0.29) is 0 Å². The van der Waals surface area contributed by atoms with E-state index in [1.54, 1.807) is 6.26 Å². The predicted molar refractivity (Wildman–Crippen MR) is 96.0 cm³/mol. The zero-order valence-electron chi connectivity index (χ0n) is 12.7. The maximum atomic E-state index is 6.23. The number of benzene rings is 2. The van der Waals surface area contributed by atoms with Gasteiger partial charge in [0.05, 0.1) is 11.8 Å². The Morgan fingerprint density at radius 2 is 1.75 bits per heavy atom. The Morgan fingerprint density at radius 1 is 0.917 bits per heavy atom. The fourth-order valence-corrected chi connectivity index (χ4v) is 2.75. The lowest BCUT2D eigenvalue weighted by Crippen LogP contribution is -2.04. The number of furan rings is 1. The SMILES string of the molecule is Clc1ccccc1CNc1nc(-c2ccco2)nc2ccccc12. The maximum absolute atomic E-state index is 6.23. The number of hydrogen-bond acceptors (Lipinski definition) is 4. The number of para-hydroxylation sites is 1. The third-order valence-corrected chi connectivity index (χ3v) is 4.12. The fraction of sp³-hybridized carbons (Fsp3) is 0.0526. The Bertz CT molecular complexity index is 983. The van der Waals surface area contributed by atoms with Gasteiger partial charge in [0.1, 0.15) is 5.82 Å². The molecule has 0 fully saturated rings. The maximum Gasteiger partial charge on any atom is 0.198 e. The first kappa shape index (κ1) is 14.7. The van der Waals surface area contributed by atoms with E-state index in [0.717, 1.165) is 27.3 Å². The van der Waals surface area contributed by atoms with Gasteiger partial charge in [0.25, 0.3) is 0 Å². The van der Waals surface area contributed by atoms with Crippen LogP contribution in [0.3, 0.4) is 0 Å². The van der Waals surface area contributed by atoms with Gasteiger partial charge in [-0.05, 0) is 35.9 Å². The van der Waals surface area contributed by atoms with Crippen LogP contribution in [0.5, 0.6) is 0 Å². The summed E-state index contributed by atoms with van der Waals surface area (Å²) >= 11 is 6.23. The third kappa shape index (κ3) is 2.84. The van der Waals surface area contributed by atoms with E-state index in [2.05, 4.69) is 15.3 Å². The van der Waals surface area contributed by atoms with Crippen molar-refractivity contribution in [3.63, 3.8) is 0 Å². The van der Waals surface area contributed by atoms with Crippen LogP contribution in [-0.4, -0.2) is 9.97 Å². The Labute approximate surface area is 144 Å². The number of nitrogens with zero attached hydrogens (tertiary/aromatic N) is 2. The van der Waals surface area contributed by atoms with Crippen LogP contribution in [0, 0.1) is 0 Å². The van der Waals surface area contributed by atoms with Crippen LogP contribution in [0.4, 0.5) is 5.82 Å². The molecule has 2 heterocycles. The molecule has 2 aromatic carbocycles. The minimum atomic E-state index is 0.556. The van der Waals surface area contributed by atoms with E-state index in [9.17, 15) is 0 Å². The normalized spacial score (nSPS) is 10.9. The zero-order valence-corrected chi connectivity index (χ0v) is 13.5. The second-order valence-corrected chi connectivity index (χ2v) is 5.74. The number of aromatic nitrogens is 2. The van der Waals surface area contributed by atoms with E-state index >= 15 is 0 Å². The quantitative estimate of drug-likeness (QED) is 0.560. The molecule has 4 rings (SSSR count). The monoisotopic (exact) mass is 335 g/mol. The van der Waals surface area contributed by atoms with E-state index in [0.29, 0.717) is 18.1 Å². The molecule has 24 heavy (non-hydrogen) atoms. The average Bonchev–Trinajstić information content (AvgIpc) is 3.15. The van der Waals surface area contributed by atoms with Crippen molar-refractivity contribution in [3.8, 4) is 11.6 Å². The molecule has 0 bridgehead atoms. The molecule has 1 N–H and O–H groups in total. The summed E-state index contributed by atoms with van der Waals surface area (Å²) in [5, 5.41) is 5.06. The van der Waals surface area contributed by atoms with Crippen molar-refractivity contribution in [2.45, 2.75) is 6.54 Å². The smallest absolute Gasteiger partial charge is 0.198 e. The van der Waals surface area contributed by atoms with E-state index in [1.807, 2.05) is 60.7 Å². The van der Waals surface area contributed by atoms with Crippen molar-refractivity contribution < 1.29 is 4.42 Å². The summed E-state index contributed by atoms with van der Waals surface area (Å²) in [5.41, 5.74) is 1.88. The molecule has 0 atom stereocenters. The molecule has 2 aromatic heterocycles. The molecule has 0 aliphatic carbocycles. The first-order valence-corrected chi connectivity index (χ1v) is 7.97. The minimum Gasteiger partial charge on any atom is -0.461 e. The summed E-state index contributed by atoms with van der Waals surface area (Å²) in [7, 11) is 0. The van der Waals surface area contributed by atoms with Crippen molar-refractivity contribution in [1.29, 1.82) is 0 Å². The van der Waals surface area contributed by atoms with Crippen LogP contribution in [0.1, 0.15) is 5.56 Å². The van der Waals surface area contributed by atoms with Crippen LogP contribution < -0.4 is 5.32 Å². The van der Waals surface area contributed by atoms with Gasteiger partial charge in [-0.15, -0.1) is 0 Å². The number of anilines is 1. The standard InChI is InChI=1S/C19H14ClN3O/c20-15-8-3-1-6-13(15)12-21-18-14-7-2-4-9-16(14)22-19(23-18)17-10-5-11-24-17/h1-11H,12H2,(H,21,22,23). The average molecular weight is 336 g/mol. The van der Waals surface area contributed by atoms with Gasteiger partial charge in [-0.2, -0.15) is 0 Å². The van der Waals surface area contributed by atoms with Gasteiger partial charge in [0.15, 0.2) is 11.6 Å². The molecule has 118 valence electrons. The van der Waals surface area contributed by atoms with Crippen molar-refractivity contribution >= 4 is 28.3 Å². The van der Waals surface area contributed by atoms with Gasteiger partial charge in [0, 0.05) is 17.0 Å². The van der Waals surface area contributed by atoms with E-state index in [1.165, 1.54) is 0 Å². The van der Waals surface area contributed by atoms with Crippen molar-refractivity contribution in [2.75, 3.05) is 5.32 Å². The summed E-state index contributed by atoms with van der Waals surface area (Å²) in [6.07, 6.45) is 1.62. The molecular weight excluding hydrogens is 322 g/mol. The second kappa shape index (κ2) is 6.34. The first-order valence-electron chi connectivity index (χ1n) is 7.59. The zero-order chi connectivity index (χ0) is 16.4. The van der Waals surface area contributed by atoms with E-state index < -0.39 is 0 Å². The van der Waals surface area contributed by atoms with Gasteiger partial charge in [0.2, 0.25) is 0 Å². The topological polar surface area (TPSA) is 51.0 Å². The summed E-state index contributed by atoms with van der Waals surface area (Å²) in [6.45, 7) is 0.582. The van der Waals surface area contributed by atoms with Gasteiger partial charge >= 0.3 is 0 Å². The summed E-state index contributed by atoms with van der Waals surface area (Å²) < 4.78 is 5.43. The molecule has 5 heteroatoms. The highest BCUT2D eigenvalue weighted by atomic mass is 35.5. The van der Waals surface area contributed by atoms with Gasteiger partial charge < -0.3 is 9.73 Å². The summed E-state index contributed by atoms with van der Waals surface area (Å²) in [4.78, 5) is 9.21.